The number of nitrogens with one attached hydrogen (secondary N) is 1. The number of imidazole rings is 1. The molecule has 0 aliphatic carbocycles. The van der Waals surface area contributed by atoms with E-state index >= 15 is 0 Å². The number of carbonyl (C=O) groups is 1. The lowest BCUT2D eigenvalue weighted by molar-refractivity contribution is -0.125. The average Bonchev–Trinajstić information content (AvgIpc) is 2.98. The van der Waals surface area contributed by atoms with Crippen LogP contribution in [0.5, 0.6) is 0 Å². The summed E-state index contributed by atoms with van der Waals surface area (Å²) in [4.78, 5) is 17.2. The molecular weight excluding hydrogens is 375 g/mol. The van der Waals surface area contributed by atoms with Crippen molar-refractivity contribution in [1.29, 1.82) is 0 Å². The fraction of sp³-hybridized carbons (Fsp3) is 0.778. The van der Waals surface area contributed by atoms with Gasteiger partial charge in [-0.3, -0.25) is 4.79 Å². The molecule has 0 aromatic carbocycles. The summed E-state index contributed by atoms with van der Waals surface area (Å²) >= 11 is 0. The van der Waals surface area contributed by atoms with Gasteiger partial charge in [0.25, 0.3) is 0 Å². The lowest BCUT2D eigenvalue weighted by atomic mass is 9.91. The number of nitrogens with two attached hydrogens (primary N) is 1. The van der Waals surface area contributed by atoms with Crippen LogP contribution in [0.4, 0.5) is 0 Å². The van der Waals surface area contributed by atoms with E-state index in [2.05, 4.69) is 36.9 Å². The molecule has 1 aromatic rings. The molecule has 0 spiro atoms. The van der Waals surface area contributed by atoms with Crippen molar-refractivity contribution in [3.05, 3.63) is 17.7 Å². The Hall–Kier alpha value is -0.820. The summed E-state index contributed by atoms with van der Waals surface area (Å²) < 4.78 is 7.54. The molecule has 3 rings (SSSR count). The van der Waals surface area contributed by atoms with Crippen molar-refractivity contribution in [1.82, 2.24) is 14.9 Å². The van der Waals surface area contributed by atoms with Gasteiger partial charge < -0.3 is 20.4 Å². The van der Waals surface area contributed by atoms with Crippen molar-refractivity contribution in [3.63, 3.8) is 0 Å². The second kappa shape index (κ2) is 9.40. The summed E-state index contributed by atoms with van der Waals surface area (Å²) in [6.07, 6.45) is 5.70. The molecule has 2 unspecified atom stereocenters. The molecule has 6 nitrogen and oxygen atoms in total. The van der Waals surface area contributed by atoms with Crippen molar-refractivity contribution in [2.24, 2.45) is 11.7 Å². The van der Waals surface area contributed by atoms with Crippen molar-refractivity contribution in [3.8, 4) is 0 Å². The number of fused-ring (bicyclic) bond motifs is 1. The Morgan fingerprint density at radius 2 is 1.96 bits per heavy atom. The van der Waals surface area contributed by atoms with E-state index in [1.807, 2.05) is 0 Å². The number of amides is 1. The molecule has 1 saturated heterocycles. The highest BCUT2D eigenvalue weighted by Crippen LogP contribution is 2.24. The first-order valence-corrected chi connectivity index (χ1v) is 9.05. The zero-order valence-corrected chi connectivity index (χ0v) is 17.5. The lowest BCUT2D eigenvalue weighted by Gasteiger charge is -2.30. The third kappa shape index (κ3) is 5.35. The second-order valence-corrected chi connectivity index (χ2v) is 8.16. The van der Waals surface area contributed by atoms with Gasteiger partial charge in [0.05, 0.1) is 11.7 Å². The van der Waals surface area contributed by atoms with Gasteiger partial charge in [-0.15, -0.1) is 24.8 Å². The molecule has 0 radical (unpaired) electrons. The lowest BCUT2D eigenvalue weighted by Crippen LogP contribution is -2.51. The highest BCUT2D eigenvalue weighted by Gasteiger charge is 2.30. The van der Waals surface area contributed by atoms with Gasteiger partial charge in [-0.2, -0.15) is 0 Å². The van der Waals surface area contributed by atoms with Crippen LogP contribution >= 0.6 is 24.8 Å². The van der Waals surface area contributed by atoms with Gasteiger partial charge in [0.1, 0.15) is 5.82 Å². The van der Waals surface area contributed by atoms with Crippen LogP contribution in [0.1, 0.15) is 51.6 Å². The van der Waals surface area contributed by atoms with Crippen LogP contribution in [0.15, 0.2) is 6.20 Å². The van der Waals surface area contributed by atoms with E-state index in [1.165, 1.54) is 0 Å². The summed E-state index contributed by atoms with van der Waals surface area (Å²) in [6.45, 7) is 8.73. The van der Waals surface area contributed by atoms with Crippen LogP contribution in [-0.2, 0) is 27.9 Å². The molecule has 1 fully saturated rings. The molecule has 150 valence electrons. The molecule has 26 heavy (non-hydrogen) atoms. The third-order valence-electron chi connectivity index (χ3n) is 5.18. The molecule has 3 heterocycles. The van der Waals surface area contributed by atoms with Gasteiger partial charge in [-0.1, -0.05) is 20.8 Å². The monoisotopic (exact) mass is 406 g/mol. The summed E-state index contributed by atoms with van der Waals surface area (Å²) in [7, 11) is 0. The molecule has 0 saturated carbocycles. The molecule has 3 N–H and O–H groups in total. The number of nitrogens with zero attached hydrogens (tertiary/aromatic N) is 2. The minimum absolute atomic E-state index is 0. The fourth-order valence-electron chi connectivity index (χ4n) is 3.51. The molecule has 8 heteroatoms. The van der Waals surface area contributed by atoms with E-state index in [0.29, 0.717) is 13.2 Å². The van der Waals surface area contributed by atoms with Crippen LogP contribution in [-0.4, -0.2) is 40.8 Å². The number of aryl methyl sites for hydroxylation is 1. The van der Waals surface area contributed by atoms with Crippen LogP contribution in [0.2, 0.25) is 0 Å². The Morgan fingerprint density at radius 3 is 2.58 bits per heavy atom. The van der Waals surface area contributed by atoms with Crippen molar-refractivity contribution >= 4 is 30.7 Å². The number of hydrogen-bond donors (Lipinski definition) is 2. The summed E-state index contributed by atoms with van der Waals surface area (Å²) in [5.74, 6) is 1.34. The Bertz CT molecular complexity index is 595. The van der Waals surface area contributed by atoms with E-state index in [-0.39, 0.29) is 48.1 Å². The first-order valence-electron chi connectivity index (χ1n) is 9.05. The van der Waals surface area contributed by atoms with E-state index in [1.54, 1.807) is 0 Å². The van der Waals surface area contributed by atoms with Crippen LogP contribution in [0, 0.1) is 5.92 Å². The SMILES string of the molecule is CC(C)(C)c1cn2c(n1)CCC(NC(=O)C(N)C1CCOCC1)C2.Cl.Cl. The maximum Gasteiger partial charge on any atom is 0.237 e. The fourth-order valence-corrected chi connectivity index (χ4v) is 3.51. The maximum atomic E-state index is 12.5. The first-order chi connectivity index (χ1) is 11.3. The molecular formula is C18H32Cl2N4O2. The normalized spacial score (nSPS) is 21.8. The van der Waals surface area contributed by atoms with E-state index in [0.717, 1.165) is 43.7 Å². The second-order valence-electron chi connectivity index (χ2n) is 8.16. The molecule has 1 aromatic heterocycles. The average molecular weight is 407 g/mol. The quantitative estimate of drug-likeness (QED) is 0.805. The van der Waals surface area contributed by atoms with Crippen LogP contribution in [0.3, 0.4) is 0 Å². The number of rotatable bonds is 3. The number of aromatic nitrogens is 2. The van der Waals surface area contributed by atoms with Crippen LogP contribution < -0.4 is 11.1 Å². The number of carbonyl (C=O) groups excluding carboxylic acids is 1. The Kier molecular flexibility index (Phi) is 8.39. The summed E-state index contributed by atoms with van der Waals surface area (Å²) in [5.41, 5.74) is 7.34. The van der Waals surface area contributed by atoms with Crippen molar-refractivity contribution < 1.29 is 9.53 Å². The molecule has 2 aliphatic heterocycles. The Morgan fingerprint density at radius 1 is 1.31 bits per heavy atom. The number of hydrogen-bond acceptors (Lipinski definition) is 4. The topological polar surface area (TPSA) is 82.2 Å². The highest BCUT2D eigenvalue weighted by molar-refractivity contribution is 5.85. The smallest absolute Gasteiger partial charge is 0.237 e. The van der Waals surface area contributed by atoms with Gasteiger partial charge in [0.15, 0.2) is 0 Å². The predicted octanol–water partition coefficient (Wildman–Crippen LogP) is 2.21. The largest absolute Gasteiger partial charge is 0.381 e. The van der Waals surface area contributed by atoms with Gasteiger partial charge in [0, 0.05) is 43.8 Å². The first kappa shape index (κ1) is 23.2. The summed E-state index contributed by atoms with van der Waals surface area (Å²) in [6, 6.07) is -0.291. The van der Waals surface area contributed by atoms with E-state index in [4.69, 9.17) is 15.5 Å². The van der Waals surface area contributed by atoms with Gasteiger partial charge >= 0.3 is 0 Å². The molecule has 2 atom stereocenters. The minimum atomic E-state index is -0.428. The van der Waals surface area contributed by atoms with Crippen LogP contribution in [0.25, 0.3) is 0 Å². The number of halogens is 2. The van der Waals surface area contributed by atoms with Crippen molar-refractivity contribution in [2.45, 2.75) is 70.5 Å². The standard InChI is InChI=1S/C18H30N4O2.2ClH/c1-18(2,3)14-11-22-10-13(4-5-15(22)21-14)20-17(23)16(19)12-6-8-24-9-7-12;;/h11-13,16H,4-10,19H2,1-3H3,(H,20,23);2*1H. The third-order valence-corrected chi connectivity index (χ3v) is 5.18. The molecule has 0 bridgehead atoms. The molecule has 1 amide bonds. The van der Waals surface area contributed by atoms with Gasteiger partial charge in [0.2, 0.25) is 5.91 Å². The number of ether oxygens (including phenoxy) is 1. The maximum absolute atomic E-state index is 12.5. The highest BCUT2D eigenvalue weighted by atomic mass is 35.5. The summed E-state index contributed by atoms with van der Waals surface area (Å²) in [5, 5.41) is 3.15. The zero-order chi connectivity index (χ0) is 17.3. The van der Waals surface area contributed by atoms with E-state index < -0.39 is 6.04 Å². The minimum Gasteiger partial charge on any atom is -0.381 e. The van der Waals surface area contributed by atoms with Gasteiger partial charge in [-0.05, 0) is 25.2 Å². The molecule has 2 aliphatic rings. The Balaban J connectivity index is 0.00000169. The van der Waals surface area contributed by atoms with E-state index in [9.17, 15) is 4.79 Å². The Labute approximate surface area is 168 Å². The van der Waals surface area contributed by atoms with Crippen molar-refractivity contribution in [2.75, 3.05) is 13.2 Å². The zero-order valence-electron chi connectivity index (χ0n) is 15.9. The van der Waals surface area contributed by atoms with Gasteiger partial charge in [-0.25, -0.2) is 4.98 Å². The predicted molar refractivity (Wildman–Crippen MR) is 107 cm³/mol.